The van der Waals surface area contributed by atoms with Gasteiger partial charge < -0.3 is 5.73 Å². The van der Waals surface area contributed by atoms with Gasteiger partial charge in [0.2, 0.25) is 0 Å². The highest BCUT2D eigenvalue weighted by Gasteiger charge is 2.19. The van der Waals surface area contributed by atoms with E-state index in [1.807, 2.05) is 6.07 Å². The fraction of sp³-hybridized carbons (Fsp3) is 0.250. The summed E-state index contributed by atoms with van der Waals surface area (Å²) >= 11 is 12.1. The first-order valence-corrected chi connectivity index (χ1v) is 5.98. The highest BCUT2D eigenvalue weighted by molar-refractivity contribution is 6.39. The van der Waals surface area contributed by atoms with Crippen LogP contribution < -0.4 is 5.73 Å². The number of pyridine rings is 1. The predicted octanol–water partition coefficient (Wildman–Crippen LogP) is 3.61. The first-order chi connectivity index (χ1) is 7.66. The third-order valence-corrected chi connectivity index (χ3v) is 3.59. The maximum absolute atomic E-state index is 6.16. The van der Waals surface area contributed by atoms with Crippen LogP contribution in [0, 0.1) is 0 Å². The van der Waals surface area contributed by atoms with Gasteiger partial charge in [-0.15, -0.1) is 0 Å². The van der Waals surface area contributed by atoms with E-state index in [-0.39, 0.29) is 0 Å². The van der Waals surface area contributed by atoms with Crippen molar-refractivity contribution in [3.63, 3.8) is 0 Å². The lowest BCUT2D eigenvalue weighted by molar-refractivity contribution is 0.901. The second-order valence-corrected chi connectivity index (χ2v) is 4.93. The number of nitrogens with two attached hydrogens (primary N) is 1. The summed E-state index contributed by atoms with van der Waals surface area (Å²) in [5.74, 6) is 0. The van der Waals surface area contributed by atoms with Crippen molar-refractivity contribution in [3.05, 3.63) is 33.4 Å². The van der Waals surface area contributed by atoms with Crippen LogP contribution in [0.25, 0.3) is 10.9 Å². The Morgan fingerprint density at radius 1 is 1.19 bits per heavy atom. The molecule has 0 saturated heterocycles. The molecule has 0 bridgehead atoms. The average Bonchev–Trinajstić information content (AvgIpc) is 2.64. The van der Waals surface area contributed by atoms with Crippen molar-refractivity contribution in [3.8, 4) is 0 Å². The first kappa shape index (κ1) is 10.2. The van der Waals surface area contributed by atoms with Crippen molar-refractivity contribution in [1.29, 1.82) is 0 Å². The van der Waals surface area contributed by atoms with Gasteiger partial charge in [-0.3, -0.25) is 4.98 Å². The summed E-state index contributed by atoms with van der Waals surface area (Å²) in [5.41, 5.74) is 10.00. The Morgan fingerprint density at radius 3 is 2.81 bits per heavy atom. The molecule has 2 aromatic rings. The topological polar surface area (TPSA) is 38.9 Å². The Balaban J connectivity index is 2.46. The molecule has 0 amide bonds. The van der Waals surface area contributed by atoms with E-state index >= 15 is 0 Å². The lowest BCUT2D eigenvalue weighted by Crippen LogP contribution is -1.98. The van der Waals surface area contributed by atoms with Crippen LogP contribution in [0.4, 0.5) is 5.69 Å². The molecule has 2 N–H and O–H groups in total. The molecule has 4 heteroatoms. The lowest BCUT2D eigenvalue weighted by Gasteiger charge is -2.09. The standard InChI is InChI=1S/C12H10Cl2N2/c13-6-4-8(14)11-10(5-6)16-9-3-1-2-7(9)12(11)15/h4-5H,1-3H2,(H2,15,16). The summed E-state index contributed by atoms with van der Waals surface area (Å²) in [6.07, 6.45) is 3.12. The molecule has 0 aliphatic heterocycles. The van der Waals surface area contributed by atoms with Crippen LogP contribution in [0.2, 0.25) is 10.0 Å². The van der Waals surface area contributed by atoms with E-state index < -0.39 is 0 Å². The van der Waals surface area contributed by atoms with Gasteiger partial charge in [-0.25, -0.2) is 0 Å². The van der Waals surface area contributed by atoms with Crippen LogP contribution >= 0.6 is 23.2 Å². The Kier molecular flexibility index (Phi) is 2.23. The summed E-state index contributed by atoms with van der Waals surface area (Å²) in [5, 5.41) is 2.02. The van der Waals surface area contributed by atoms with E-state index in [0.717, 1.165) is 47.1 Å². The molecule has 0 saturated carbocycles. The molecule has 1 aromatic heterocycles. The number of anilines is 1. The van der Waals surface area contributed by atoms with Crippen LogP contribution in [-0.2, 0) is 12.8 Å². The van der Waals surface area contributed by atoms with Gasteiger partial charge in [0.25, 0.3) is 0 Å². The first-order valence-electron chi connectivity index (χ1n) is 5.23. The molecule has 16 heavy (non-hydrogen) atoms. The zero-order chi connectivity index (χ0) is 11.3. The van der Waals surface area contributed by atoms with Crippen molar-refractivity contribution < 1.29 is 0 Å². The van der Waals surface area contributed by atoms with Crippen LogP contribution in [0.1, 0.15) is 17.7 Å². The maximum atomic E-state index is 6.16. The Bertz CT molecular complexity index is 593. The summed E-state index contributed by atoms with van der Waals surface area (Å²) in [6, 6.07) is 3.53. The van der Waals surface area contributed by atoms with Gasteiger partial charge in [0, 0.05) is 21.8 Å². The fourth-order valence-electron chi connectivity index (χ4n) is 2.35. The minimum atomic E-state index is 0.585. The van der Waals surface area contributed by atoms with Crippen molar-refractivity contribution in [2.45, 2.75) is 19.3 Å². The van der Waals surface area contributed by atoms with Crippen LogP contribution in [0.5, 0.6) is 0 Å². The number of benzene rings is 1. The van der Waals surface area contributed by atoms with Gasteiger partial charge in [0.05, 0.1) is 10.5 Å². The molecule has 0 spiro atoms. The average molecular weight is 253 g/mol. The van der Waals surface area contributed by atoms with E-state index in [9.17, 15) is 0 Å². The number of aryl methyl sites for hydroxylation is 1. The van der Waals surface area contributed by atoms with E-state index in [4.69, 9.17) is 28.9 Å². The summed E-state index contributed by atoms with van der Waals surface area (Å²) in [7, 11) is 0. The molecule has 1 aliphatic rings. The van der Waals surface area contributed by atoms with Crippen molar-refractivity contribution >= 4 is 39.8 Å². The number of hydrogen-bond acceptors (Lipinski definition) is 2. The van der Waals surface area contributed by atoms with E-state index in [0.29, 0.717) is 10.0 Å². The molecular formula is C12H10Cl2N2. The van der Waals surface area contributed by atoms with Gasteiger partial charge in [-0.2, -0.15) is 0 Å². The zero-order valence-electron chi connectivity index (χ0n) is 8.56. The second kappa shape index (κ2) is 3.51. The SMILES string of the molecule is Nc1c2c(nc3cc(Cl)cc(Cl)c13)CCC2. The quantitative estimate of drug-likeness (QED) is 0.778. The molecule has 0 atom stereocenters. The minimum Gasteiger partial charge on any atom is -0.398 e. The van der Waals surface area contributed by atoms with Crippen molar-refractivity contribution in [2.75, 3.05) is 5.73 Å². The normalized spacial score (nSPS) is 14.4. The molecule has 0 unspecified atom stereocenters. The minimum absolute atomic E-state index is 0.585. The highest BCUT2D eigenvalue weighted by atomic mass is 35.5. The number of aromatic nitrogens is 1. The Hall–Kier alpha value is -0.990. The molecule has 2 nitrogen and oxygen atoms in total. The van der Waals surface area contributed by atoms with E-state index in [1.54, 1.807) is 6.07 Å². The van der Waals surface area contributed by atoms with Crippen molar-refractivity contribution in [1.82, 2.24) is 4.98 Å². The predicted molar refractivity (Wildman–Crippen MR) is 68.2 cm³/mol. The third kappa shape index (κ3) is 1.37. The van der Waals surface area contributed by atoms with E-state index in [1.165, 1.54) is 0 Å². The van der Waals surface area contributed by atoms with E-state index in [2.05, 4.69) is 4.98 Å². The van der Waals surface area contributed by atoms with Gasteiger partial charge >= 0.3 is 0 Å². The van der Waals surface area contributed by atoms with Gasteiger partial charge in [0.1, 0.15) is 0 Å². The number of nitrogens with zero attached hydrogens (tertiary/aromatic N) is 1. The molecule has 0 radical (unpaired) electrons. The number of hydrogen-bond donors (Lipinski definition) is 1. The second-order valence-electron chi connectivity index (χ2n) is 4.09. The van der Waals surface area contributed by atoms with Gasteiger partial charge in [-0.1, -0.05) is 23.2 Å². The number of fused-ring (bicyclic) bond motifs is 2. The molecule has 1 aliphatic carbocycles. The number of nitrogen functional groups attached to an aromatic ring is 1. The summed E-state index contributed by atoms with van der Waals surface area (Å²) in [4.78, 5) is 4.59. The van der Waals surface area contributed by atoms with Crippen LogP contribution in [0.3, 0.4) is 0 Å². The Labute approximate surface area is 103 Å². The highest BCUT2D eigenvalue weighted by Crippen LogP contribution is 2.36. The number of rotatable bonds is 0. The Morgan fingerprint density at radius 2 is 2.00 bits per heavy atom. The molecule has 3 rings (SSSR count). The van der Waals surface area contributed by atoms with Crippen LogP contribution in [-0.4, -0.2) is 4.98 Å². The van der Waals surface area contributed by atoms with Gasteiger partial charge in [-0.05, 0) is 37.0 Å². The lowest BCUT2D eigenvalue weighted by atomic mass is 10.1. The van der Waals surface area contributed by atoms with Gasteiger partial charge in [0.15, 0.2) is 0 Å². The molecular weight excluding hydrogens is 243 g/mol. The molecule has 0 fully saturated rings. The zero-order valence-corrected chi connectivity index (χ0v) is 10.1. The summed E-state index contributed by atoms with van der Waals surface area (Å²) < 4.78 is 0. The van der Waals surface area contributed by atoms with Crippen LogP contribution in [0.15, 0.2) is 12.1 Å². The molecule has 82 valence electrons. The largest absolute Gasteiger partial charge is 0.398 e. The molecule has 1 aromatic carbocycles. The molecule has 1 heterocycles. The summed E-state index contributed by atoms with van der Waals surface area (Å²) in [6.45, 7) is 0. The fourth-order valence-corrected chi connectivity index (χ4v) is 2.94. The maximum Gasteiger partial charge on any atom is 0.0756 e. The van der Waals surface area contributed by atoms with Crippen molar-refractivity contribution in [2.24, 2.45) is 0 Å². The monoisotopic (exact) mass is 252 g/mol. The smallest absolute Gasteiger partial charge is 0.0756 e. The third-order valence-electron chi connectivity index (χ3n) is 3.07. The number of halogens is 2.